The van der Waals surface area contributed by atoms with Gasteiger partial charge in [0.25, 0.3) is 5.91 Å². The van der Waals surface area contributed by atoms with E-state index in [0.29, 0.717) is 28.6 Å². The van der Waals surface area contributed by atoms with Gasteiger partial charge in [0.2, 0.25) is 19.5 Å². The molecular weight excluding hydrogens is 410 g/mol. The highest BCUT2D eigenvalue weighted by Crippen LogP contribution is 2.49. The fraction of sp³-hybridized carbons (Fsp3) is 0.280. The van der Waals surface area contributed by atoms with Crippen LogP contribution in [0.25, 0.3) is 21.9 Å². The van der Waals surface area contributed by atoms with Gasteiger partial charge in [-0.05, 0) is 46.3 Å². The van der Waals surface area contributed by atoms with Crippen LogP contribution in [0.3, 0.4) is 0 Å². The van der Waals surface area contributed by atoms with Crippen molar-refractivity contribution in [3.63, 3.8) is 0 Å². The first-order valence-corrected chi connectivity index (χ1v) is 10.5. The molecule has 0 radical (unpaired) electrons. The van der Waals surface area contributed by atoms with Gasteiger partial charge >= 0.3 is 0 Å². The molecule has 0 aliphatic carbocycles. The second-order valence-corrected chi connectivity index (χ2v) is 9.19. The lowest BCUT2D eigenvalue weighted by molar-refractivity contribution is -0.136. The van der Waals surface area contributed by atoms with Crippen LogP contribution in [0.15, 0.2) is 36.4 Å². The quantitative estimate of drug-likeness (QED) is 0.565. The summed E-state index contributed by atoms with van der Waals surface area (Å²) < 4.78 is 22.5. The van der Waals surface area contributed by atoms with Gasteiger partial charge in [0, 0.05) is 16.4 Å². The molecule has 0 saturated heterocycles. The van der Waals surface area contributed by atoms with Crippen molar-refractivity contribution in [3.05, 3.63) is 47.5 Å². The van der Waals surface area contributed by atoms with Gasteiger partial charge < -0.3 is 18.9 Å². The van der Waals surface area contributed by atoms with Crippen LogP contribution in [0.4, 0.5) is 0 Å². The summed E-state index contributed by atoms with van der Waals surface area (Å²) in [5.41, 5.74) is 2.35. The average Bonchev–Trinajstić information content (AvgIpc) is 3.49. The fourth-order valence-electron chi connectivity index (χ4n) is 4.56. The predicted octanol–water partition coefficient (Wildman–Crippen LogP) is 4.49. The minimum Gasteiger partial charge on any atom is -0.454 e. The Hall–Kier alpha value is -3.74. The molecule has 3 aliphatic rings. The van der Waals surface area contributed by atoms with Crippen molar-refractivity contribution >= 4 is 22.6 Å². The Bertz CT molecular complexity index is 1340. The van der Waals surface area contributed by atoms with Gasteiger partial charge in [0.05, 0.1) is 6.54 Å². The molecule has 3 heterocycles. The molecule has 0 atom stereocenters. The standard InChI is InChI=1S/C25H21NO6/c1-25(2,3)24(28)26-10-16-15(23(26)27)8-13-5-7-18-22(32-12-30-18)21(13)20(16)14-4-6-17-19(9-14)31-11-29-17/h4-9H,10-12H2,1-3H3. The Balaban J connectivity index is 1.63. The lowest BCUT2D eigenvalue weighted by Gasteiger charge is -2.24. The lowest BCUT2D eigenvalue weighted by Crippen LogP contribution is -2.39. The lowest BCUT2D eigenvalue weighted by atomic mass is 9.90. The summed E-state index contributed by atoms with van der Waals surface area (Å²) >= 11 is 0. The Labute approximate surface area is 184 Å². The highest BCUT2D eigenvalue weighted by atomic mass is 16.7. The molecule has 2 amide bonds. The van der Waals surface area contributed by atoms with E-state index >= 15 is 0 Å². The van der Waals surface area contributed by atoms with Crippen molar-refractivity contribution in [2.45, 2.75) is 27.3 Å². The monoisotopic (exact) mass is 431 g/mol. The smallest absolute Gasteiger partial charge is 0.261 e. The minimum atomic E-state index is -0.672. The Kier molecular flexibility index (Phi) is 3.79. The van der Waals surface area contributed by atoms with Gasteiger partial charge in [-0.3, -0.25) is 14.5 Å². The number of hydrogen-bond acceptors (Lipinski definition) is 6. The Morgan fingerprint density at radius 3 is 2.44 bits per heavy atom. The number of benzene rings is 3. The van der Waals surface area contributed by atoms with E-state index in [1.54, 1.807) is 0 Å². The predicted molar refractivity (Wildman–Crippen MR) is 116 cm³/mol. The third-order valence-corrected chi connectivity index (χ3v) is 6.09. The second-order valence-electron chi connectivity index (χ2n) is 9.19. The van der Waals surface area contributed by atoms with Gasteiger partial charge in [0.1, 0.15) is 0 Å². The third kappa shape index (κ3) is 2.60. The molecule has 32 heavy (non-hydrogen) atoms. The molecule has 162 valence electrons. The highest BCUT2D eigenvalue weighted by molar-refractivity contribution is 6.15. The largest absolute Gasteiger partial charge is 0.454 e. The first-order valence-electron chi connectivity index (χ1n) is 10.5. The molecule has 0 unspecified atom stereocenters. The SMILES string of the molecule is CC(C)(C)C(=O)N1Cc2c(cc3ccc4c(c3c2-c2ccc3c(c2)OCO3)OCO4)C1=O. The third-order valence-electron chi connectivity index (χ3n) is 6.09. The van der Waals surface area contributed by atoms with E-state index in [0.717, 1.165) is 27.5 Å². The molecule has 0 aromatic heterocycles. The molecule has 0 spiro atoms. The average molecular weight is 431 g/mol. The maximum atomic E-state index is 13.3. The van der Waals surface area contributed by atoms with Crippen molar-refractivity contribution < 1.29 is 28.5 Å². The van der Waals surface area contributed by atoms with E-state index in [2.05, 4.69) is 0 Å². The van der Waals surface area contributed by atoms with Crippen molar-refractivity contribution in [2.75, 3.05) is 13.6 Å². The van der Waals surface area contributed by atoms with Crippen LogP contribution >= 0.6 is 0 Å². The molecule has 3 aliphatic heterocycles. The van der Waals surface area contributed by atoms with Crippen molar-refractivity contribution in [3.8, 4) is 34.1 Å². The normalized spacial score (nSPS) is 16.1. The summed E-state index contributed by atoms with van der Waals surface area (Å²) in [5.74, 6) is 2.14. The van der Waals surface area contributed by atoms with E-state index in [9.17, 15) is 9.59 Å². The molecule has 0 fully saturated rings. The first-order chi connectivity index (χ1) is 15.3. The Morgan fingerprint density at radius 2 is 1.62 bits per heavy atom. The molecule has 6 rings (SSSR count). The number of rotatable bonds is 1. The molecule has 3 aromatic rings. The number of nitrogens with zero attached hydrogens (tertiary/aromatic N) is 1. The van der Waals surface area contributed by atoms with Crippen molar-refractivity contribution in [1.82, 2.24) is 4.90 Å². The van der Waals surface area contributed by atoms with Gasteiger partial charge in [-0.1, -0.05) is 32.9 Å². The minimum absolute atomic E-state index is 0.139. The van der Waals surface area contributed by atoms with Gasteiger partial charge in [-0.25, -0.2) is 0 Å². The number of carbonyl (C=O) groups excluding carboxylic acids is 2. The number of amides is 2. The summed E-state index contributed by atoms with van der Waals surface area (Å²) in [6.45, 7) is 5.97. The van der Waals surface area contributed by atoms with Crippen molar-refractivity contribution in [1.29, 1.82) is 0 Å². The van der Waals surface area contributed by atoms with Crippen LogP contribution in [-0.4, -0.2) is 30.3 Å². The zero-order valence-corrected chi connectivity index (χ0v) is 18.0. The van der Waals surface area contributed by atoms with Crippen LogP contribution < -0.4 is 18.9 Å². The Morgan fingerprint density at radius 1 is 0.906 bits per heavy atom. The zero-order chi connectivity index (χ0) is 22.2. The summed E-state index contributed by atoms with van der Waals surface area (Å²) in [4.78, 5) is 27.7. The molecule has 0 saturated carbocycles. The van der Waals surface area contributed by atoms with E-state index in [1.165, 1.54) is 4.90 Å². The van der Waals surface area contributed by atoms with Gasteiger partial charge in [-0.2, -0.15) is 0 Å². The molecular formula is C25H21NO6. The maximum Gasteiger partial charge on any atom is 0.261 e. The first kappa shape index (κ1) is 19.0. The summed E-state index contributed by atoms with van der Waals surface area (Å²) in [6, 6.07) is 11.3. The number of carbonyl (C=O) groups is 2. The van der Waals surface area contributed by atoms with E-state index < -0.39 is 5.41 Å². The van der Waals surface area contributed by atoms with Crippen LogP contribution in [-0.2, 0) is 11.3 Å². The van der Waals surface area contributed by atoms with Crippen LogP contribution in [0.1, 0.15) is 36.7 Å². The van der Waals surface area contributed by atoms with Gasteiger partial charge in [-0.15, -0.1) is 0 Å². The maximum absolute atomic E-state index is 13.3. The van der Waals surface area contributed by atoms with Crippen molar-refractivity contribution in [2.24, 2.45) is 5.41 Å². The zero-order valence-electron chi connectivity index (χ0n) is 18.0. The highest BCUT2D eigenvalue weighted by Gasteiger charge is 2.40. The number of ether oxygens (including phenoxy) is 4. The van der Waals surface area contributed by atoms with Crippen LogP contribution in [0.2, 0.25) is 0 Å². The molecule has 0 N–H and O–H groups in total. The van der Waals surface area contributed by atoms with Crippen LogP contribution in [0.5, 0.6) is 23.0 Å². The molecule has 0 bridgehead atoms. The topological polar surface area (TPSA) is 74.3 Å². The van der Waals surface area contributed by atoms with Gasteiger partial charge in [0.15, 0.2) is 23.0 Å². The summed E-state index contributed by atoms with van der Waals surface area (Å²) in [5, 5.41) is 1.70. The molecule has 7 nitrogen and oxygen atoms in total. The fourth-order valence-corrected chi connectivity index (χ4v) is 4.56. The number of fused-ring (bicyclic) bond motifs is 5. The number of imide groups is 1. The van der Waals surface area contributed by atoms with E-state index in [1.807, 2.05) is 57.2 Å². The van der Waals surface area contributed by atoms with E-state index in [-0.39, 0.29) is 31.9 Å². The molecule has 7 heteroatoms. The number of hydrogen-bond donors (Lipinski definition) is 0. The van der Waals surface area contributed by atoms with Crippen LogP contribution in [0, 0.1) is 5.41 Å². The molecule has 3 aromatic carbocycles. The summed E-state index contributed by atoms with van der Waals surface area (Å²) in [6.07, 6.45) is 0. The van der Waals surface area contributed by atoms with E-state index in [4.69, 9.17) is 18.9 Å². The second kappa shape index (κ2) is 6.38. The summed E-state index contributed by atoms with van der Waals surface area (Å²) in [7, 11) is 0.